The molecule has 2 nitrogen and oxygen atoms in total. The van der Waals surface area contributed by atoms with Crippen LogP contribution in [-0.4, -0.2) is 5.11 Å². The van der Waals surface area contributed by atoms with Crippen LogP contribution in [0.4, 0.5) is 0 Å². The van der Waals surface area contributed by atoms with Gasteiger partial charge in [0.2, 0.25) is 0 Å². The molecule has 22 heavy (non-hydrogen) atoms. The number of para-hydroxylation sites is 1. The zero-order valence-corrected chi connectivity index (χ0v) is 13.1. The van der Waals surface area contributed by atoms with Crippen molar-refractivity contribution in [3.63, 3.8) is 0 Å². The molecule has 3 rings (SSSR count). The zero-order chi connectivity index (χ0) is 15.6. The molecule has 0 aliphatic heterocycles. The van der Waals surface area contributed by atoms with E-state index in [1.807, 2.05) is 60.7 Å². The molecular weight excluding hydrogens is 272 g/mol. The van der Waals surface area contributed by atoms with Crippen molar-refractivity contribution in [2.45, 2.75) is 32.3 Å². The van der Waals surface area contributed by atoms with Gasteiger partial charge < -0.3 is 9.52 Å². The van der Waals surface area contributed by atoms with E-state index in [4.69, 9.17) is 4.42 Å². The summed E-state index contributed by atoms with van der Waals surface area (Å²) in [7, 11) is 0. The Labute approximate surface area is 131 Å². The number of benzene rings is 2. The smallest absolute Gasteiger partial charge is 0.147 e. The SMILES string of the molecule is CC(C)CCC(O)(c1ccccc1)c1cc2ccccc2o1. The van der Waals surface area contributed by atoms with Gasteiger partial charge in [-0.15, -0.1) is 0 Å². The summed E-state index contributed by atoms with van der Waals surface area (Å²) in [4.78, 5) is 0. The van der Waals surface area contributed by atoms with Gasteiger partial charge in [-0.05, 0) is 36.5 Å². The van der Waals surface area contributed by atoms with Crippen LogP contribution in [0.25, 0.3) is 11.0 Å². The highest BCUT2D eigenvalue weighted by molar-refractivity contribution is 5.78. The molecule has 114 valence electrons. The lowest BCUT2D eigenvalue weighted by atomic mass is 9.84. The van der Waals surface area contributed by atoms with E-state index in [1.54, 1.807) is 0 Å². The summed E-state index contributed by atoms with van der Waals surface area (Å²) in [5, 5.41) is 12.4. The van der Waals surface area contributed by atoms with Crippen LogP contribution in [0.3, 0.4) is 0 Å². The second-order valence-electron chi connectivity index (χ2n) is 6.31. The topological polar surface area (TPSA) is 33.4 Å². The highest BCUT2D eigenvalue weighted by Crippen LogP contribution is 2.38. The van der Waals surface area contributed by atoms with E-state index < -0.39 is 5.60 Å². The molecule has 0 saturated carbocycles. The van der Waals surface area contributed by atoms with E-state index in [0.29, 0.717) is 18.1 Å². The average Bonchev–Trinajstić information content (AvgIpc) is 2.98. The van der Waals surface area contributed by atoms with Crippen molar-refractivity contribution in [3.05, 3.63) is 72.0 Å². The Bertz CT molecular complexity index is 710. The zero-order valence-electron chi connectivity index (χ0n) is 13.1. The van der Waals surface area contributed by atoms with Gasteiger partial charge >= 0.3 is 0 Å². The van der Waals surface area contributed by atoms with E-state index in [1.165, 1.54) is 0 Å². The fourth-order valence-electron chi connectivity index (χ4n) is 2.81. The van der Waals surface area contributed by atoms with Gasteiger partial charge in [-0.25, -0.2) is 0 Å². The van der Waals surface area contributed by atoms with Crippen LogP contribution in [0.5, 0.6) is 0 Å². The molecule has 0 aliphatic carbocycles. The van der Waals surface area contributed by atoms with Gasteiger partial charge in [-0.1, -0.05) is 62.4 Å². The van der Waals surface area contributed by atoms with E-state index in [2.05, 4.69) is 13.8 Å². The van der Waals surface area contributed by atoms with Crippen molar-refractivity contribution in [3.8, 4) is 0 Å². The third kappa shape index (κ3) is 2.79. The quantitative estimate of drug-likeness (QED) is 0.709. The van der Waals surface area contributed by atoms with E-state index in [9.17, 15) is 5.11 Å². The molecule has 3 aromatic rings. The standard InChI is InChI=1S/C20H22O2/c1-15(2)12-13-20(21,17-9-4-3-5-10-17)19-14-16-8-6-7-11-18(16)22-19/h3-11,14-15,21H,12-13H2,1-2H3. The van der Waals surface area contributed by atoms with Crippen molar-refractivity contribution < 1.29 is 9.52 Å². The Morgan fingerprint density at radius 1 is 1.00 bits per heavy atom. The minimum absolute atomic E-state index is 0.527. The number of rotatable bonds is 5. The second-order valence-corrected chi connectivity index (χ2v) is 6.31. The lowest BCUT2D eigenvalue weighted by Crippen LogP contribution is -2.27. The average molecular weight is 294 g/mol. The normalized spacial score (nSPS) is 14.4. The van der Waals surface area contributed by atoms with E-state index in [-0.39, 0.29) is 0 Å². The molecule has 2 aromatic carbocycles. The fourth-order valence-corrected chi connectivity index (χ4v) is 2.81. The third-order valence-corrected chi connectivity index (χ3v) is 4.17. The van der Waals surface area contributed by atoms with Crippen LogP contribution in [0.1, 0.15) is 38.0 Å². The fraction of sp³-hybridized carbons (Fsp3) is 0.300. The molecule has 0 amide bonds. The molecule has 1 heterocycles. The predicted octanol–water partition coefficient (Wildman–Crippen LogP) is 5.10. The van der Waals surface area contributed by atoms with Gasteiger partial charge in [-0.3, -0.25) is 0 Å². The highest BCUT2D eigenvalue weighted by atomic mass is 16.4. The van der Waals surface area contributed by atoms with Gasteiger partial charge in [0.1, 0.15) is 16.9 Å². The van der Waals surface area contributed by atoms with Gasteiger partial charge in [0.15, 0.2) is 0 Å². The first-order valence-corrected chi connectivity index (χ1v) is 7.86. The Balaban J connectivity index is 2.08. The molecule has 1 unspecified atom stereocenters. The van der Waals surface area contributed by atoms with Crippen LogP contribution >= 0.6 is 0 Å². The Hall–Kier alpha value is -2.06. The van der Waals surface area contributed by atoms with Crippen LogP contribution in [-0.2, 0) is 5.60 Å². The Kier molecular flexibility index (Phi) is 4.04. The predicted molar refractivity (Wildman–Crippen MR) is 89.7 cm³/mol. The molecule has 0 fully saturated rings. The van der Waals surface area contributed by atoms with Crippen LogP contribution < -0.4 is 0 Å². The molecule has 0 bridgehead atoms. The van der Waals surface area contributed by atoms with Crippen molar-refractivity contribution in [2.75, 3.05) is 0 Å². The summed E-state index contributed by atoms with van der Waals surface area (Å²) in [6, 6.07) is 19.6. The number of fused-ring (bicyclic) bond motifs is 1. The Morgan fingerprint density at radius 2 is 1.68 bits per heavy atom. The van der Waals surface area contributed by atoms with Gasteiger partial charge in [-0.2, -0.15) is 0 Å². The number of hydrogen-bond donors (Lipinski definition) is 1. The summed E-state index contributed by atoms with van der Waals surface area (Å²) in [5.74, 6) is 1.15. The number of furan rings is 1. The molecule has 0 saturated heterocycles. The Morgan fingerprint density at radius 3 is 2.36 bits per heavy atom. The first-order valence-electron chi connectivity index (χ1n) is 7.86. The largest absolute Gasteiger partial charge is 0.458 e. The maximum atomic E-state index is 11.4. The van der Waals surface area contributed by atoms with Crippen LogP contribution in [0.2, 0.25) is 0 Å². The second kappa shape index (κ2) is 5.98. The minimum Gasteiger partial charge on any atom is -0.458 e. The molecule has 1 aromatic heterocycles. The lowest BCUT2D eigenvalue weighted by molar-refractivity contribution is 0.0438. The summed E-state index contributed by atoms with van der Waals surface area (Å²) in [6.45, 7) is 4.34. The van der Waals surface area contributed by atoms with Crippen molar-refractivity contribution in [1.82, 2.24) is 0 Å². The maximum absolute atomic E-state index is 11.4. The third-order valence-electron chi connectivity index (χ3n) is 4.17. The first kappa shape index (κ1) is 14.9. The van der Waals surface area contributed by atoms with Crippen molar-refractivity contribution in [1.29, 1.82) is 0 Å². The lowest BCUT2D eigenvalue weighted by Gasteiger charge is -2.27. The molecule has 2 heteroatoms. The van der Waals surface area contributed by atoms with Crippen LogP contribution in [0.15, 0.2) is 65.1 Å². The summed E-state index contributed by atoms with van der Waals surface area (Å²) < 4.78 is 5.97. The summed E-state index contributed by atoms with van der Waals surface area (Å²) >= 11 is 0. The van der Waals surface area contributed by atoms with Gasteiger partial charge in [0.05, 0.1) is 0 Å². The molecule has 0 radical (unpaired) electrons. The van der Waals surface area contributed by atoms with E-state index >= 15 is 0 Å². The number of aliphatic hydroxyl groups is 1. The monoisotopic (exact) mass is 294 g/mol. The molecular formula is C20H22O2. The van der Waals surface area contributed by atoms with E-state index in [0.717, 1.165) is 23.0 Å². The highest BCUT2D eigenvalue weighted by Gasteiger charge is 2.34. The van der Waals surface area contributed by atoms with Gasteiger partial charge in [0.25, 0.3) is 0 Å². The van der Waals surface area contributed by atoms with Gasteiger partial charge in [0, 0.05) is 5.39 Å². The molecule has 1 N–H and O–H groups in total. The maximum Gasteiger partial charge on any atom is 0.147 e. The number of hydrogen-bond acceptors (Lipinski definition) is 2. The molecule has 0 spiro atoms. The first-order chi connectivity index (χ1) is 10.6. The van der Waals surface area contributed by atoms with Crippen molar-refractivity contribution >= 4 is 11.0 Å². The molecule has 0 aliphatic rings. The molecule has 1 atom stereocenters. The minimum atomic E-state index is -1.08. The summed E-state index contributed by atoms with van der Waals surface area (Å²) in [6.07, 6.45) is 1.58. The van der Waals surface area contributed by atoms with Crippen LogP contribution in [0, 0.1) is 5.92 Å². The van der Waals surface area contributed by atoms with Crippen molar-refractivity contribution in [2.24, 2.45) is 5.92 Å². The summed E-state index contributed by atoms with van der Waals surface area (Å²) in [5.41, 5.74) is 0.621.